The van der Waals surface area contributed by atoms with Crippen molar-refractivity contribution in [3.8, 4) is 0 Å². The third-order valence-electron chi connectivity index (χ3n) is 2.06. The molecule has 0 bridgehead atoms. The molecule has 0 saturated heterocycles. The summed E-state index contributed by atoms with van der Waals surface area (Å²) in [5.41, 5.74) is 5.43. The summed E-state index contributed by atoms with van der Waals surface area (Å²) >= 11 is 0. The van der Waals surface area contributed by atoms with Crippen molar-refractivity contribution >= 4 is 5.97 Å². The lowest BCUT2D eigenvalue weighted by atomic mass is 9.90. The summed E-state index contributed by atoms with van der Waals surface area (Å²) in [5, 5.41) is 8.65. The minimum Gasteiger partial charge on any atom is -0.481 e. The van der Waals surface area contributed by atoms with Gasteiger partial charge in [-0.3, -0.25) is 4.79 Å². The Bertz CT molecular complexity index is 125. The third-order valence-corrected chi connectivity index (χ3v) is 2.06. The highest BCUT2D eigenvalue weighted by molar-refractivity contribution is 5.69. The number of hydrogen-bond acceptors (Lipinski definition) is 2. The molecule has 0 aliphatic carbocycles. The summed E-state index contributed by atoms with van der Waals surface area (Å²) in [6.45, 7) is 4.23. The summed E-state index contributed by atoms with van der Waals surface area (Å²) < 4.78 is 0. The maximum atomic E-state index is 10.5. The average Bonchev–Trinajstić information content (AvgIpc) is 1.98. The molecular weight excluding hydrogens is 142 g/mol. The van der Waals surface area contributed by atoms with E-state index < -0.39 is 5.97 Å². The third kappa shape index (κ3) is 3.37. The molecule has 0 aromatic heterocycles. The summed E-state index contributed by atoms with van der Waals surface area (Å²) in [5.74, 6) is -0.911. The fourth-order valence-electron chi connectivity index (χ4n) is 1.14. The molecule has 11 heavy (non-hydrogen) atoms. The molecule has 3 heteroatoms. The number of carbonyl (C=O) groups is 1. The van der Waals surface area contributed by atoms with Crippen molar-refractivity contribution in [3.05, 3.63) is 0 Å². The quantitative estimate of drug-likeness (QED) is 0.631. The predicted molar refractivity (Wildman–Crippen MR) is 44.3 cm³/mol. The van der Waals surface area contributed by atoms with Crippen LogP contribution in [0.3, 0.4) is 0 Å². The van der Waals surface area contributed by atoms with Gasteiger partial charge in [0.25, 0.3) is 0 Å². The Balaban J connectivity index is 3.91. The molecular formula is C8H17NO2. The van der Waals surface area contributed by atoms with Gasteiger partial charge in [0.1, 0.15) is 0 Å². The molecule has 66 valence electrons. The smallest absolute Gasteiger partial charge is 0.306 e. The molecule has 2 atom stereocenters. The van der Waals surface area contributed by atoms with E-state index in [0.717, 1.165) is 12.8 Å². The highest BCUT2D eigenvalue weighted by atomic mass is 16.4. The number of carboxylic acid groups (broad SMARTS) is 1. The lowest BCUT2D eigenvalue weighted by Gasteiger charge is -2.17. The molecule has 0 radical (unpaired) electrons. The standard InChI is InChI=1S/C8H17NO2/c1-3-4-7(5-9)6(2)8(10)11/h6-7H,3-5,9H2,1-2H3,(H,10,11)/t6-,7?/m0/s1. The number of aliphatic carboxylic acids is 1. The van der Waals surface area contributed by atoms with Gasteiger partial charge in [0.05, 0.1) is 5.92 Å². The van der Waals surface area contributed by atoms with Crippen molar-refractivity contribution in [1.82, 2.24) is 0 Å². The van der Waals surface area contributed by atoms with E-state index in [4.69, 9.17) is 10.8 Å². The predicted octanol–water partition coefficient (Wildman–Crippen LogP) is 1.08. The SMILES string of the molecule is CCCC(CN)[C@H](C)C(=O)O. The molecule has 0 rings (SSSR count). The van der Waals surface area contributed by atoms with Crippen LogP contribution in [0, 0.1) is 11.8 Å². The van der Waals surface area contributed by atoms with E-state index in [-0.39, 0.29) is 11.8 Å². The number of nitrogens with two attached hydrogens (primary N) is 1. The zero-order valence-corrected chi connectivity index (χ0v) is 7.21. The Kier molecular flexibility index (Phi) is 4.86. The molecule has 0 fully saturated rings. The van der Waals surface area contributed by atoms with Crippen LogP contribution in [-0.2, 0) is 4.79 Å². The van der Waals surface area contributed by atoms with E-state index in [1.165, 1.54) is 0 Å². The zero-order valence-electron chi connectivity index (χ0n) is 7.21. The van der Waals surface area contributed by atoms with Crippen LogP contribution >= 0.6 is 0 Å². The van der Waals surface area contributed by atoms with Gasteiger partial charge in [-0.15, -0.1) is 0 Å². The maximum Gasteiger partial charge on any atom is 0.306 e. The van der Waals surface area contributed by atoms with E-state index in [1.54, 1.807) is 6.92 Å². The van der Waals surface area contributed by atoms with Crippen LogP contribution in [-0.4, -0.2) is 17.6 Å². The van der Waals surface area contributed by atoms with Crippen molar-refractivity contribution in [2.24, 2.45) is 17.6 Å². The van der Waals surface area contributed by atoms with Crippen molar-refractivity contribution in [2.75, 3.05) is 6.54 Å². The first-order chi connectivity index (χ1) is 5.13. The second-order valence-corrected chi connectivity index (χ2v) is 2.91. The molecule has 0 aromatic rings. The Morgan fingerprint density at radius 1 is 1.64 bits per heavy atom. The number of hydrogen-bond donors (Lipinski definition) is 2. The molecule has 0 saturated carbocycles. The molecule has 0 aliphatic rings. The summed E-state index contributed by atoms with van der Waals surface area (Å²) in [7, 11) is 0. The summed E-state index contributed by atoms with van der Waals surface area (Å²) in [6, 6.07) is 0. The van der Waals surface area contributed by atoms with Crippen LogP contribution < -0.4 is 5.73 Å². The highest BCUT2D eigenvalue weighted by Gasteiger charge is 2.20. The van der Waals surface area contributed by atoms with Gasteiger partial charge in [0.15, 0.2) is 0 Å². The van der Waals surface area contributed by atoms with E-state index in [1.807, 2.05) is 6.92 Å². The molecule has 0 heterocycles. The normalized spacial score (nSPS) is 15.9. The van der Waals surface area contributed by atoms with Gasteiger partial charge in [-0.2, -0.15) is 0 Å². The van der Waals surface area contributed by atoms with Gasteiger partial charge < -0.3 is 10.8 Å². The van der Waals surface area contributed by atoms with Gasteiger partial charge >= 0.3 is 5.97 Å². The lowest BCUT2D eigenvalue weighted by molar-refractivity contribution is -0.142. The van der Waals surface area contributed by atoms with Crippen LogP contribution in [0.25, 0.3) is 0 Å². The van der Waals surface area contributed by atoms with Crippen LogP contribution in [0.2, 0.25) is 0 Å². The molecule has 0 amide bonds. The zero-order chi connectivity index (χ0) is 8.85. The van der Waals surface area contributed by atoms with E-state index in [0.29, 0.717) is 6.54 Å². The Hall–Kier alpha value is -0.570. The average molecular weight is 159 g/mol. The van der Waals surface area contributed by atoms with Gasteiger partial charge in [-0.05, 0) is 18.9 Å². The maximum absolute atomic E-state index is 10.5. The lowest BCUT2D eigenvalue weighted by Crippen LogP contribution is -2.27. The first kappa shape index (κ1) is 10.4. The Labute approximate surface area is 67.6 Å². The number of rotatable bonds is 5. The number of carboxylic acids is 1. The molecule has 3 nitrogen and oxygen atoms in total. The van der Waals surface area contributed by atoms with E-state index in [9.17, 15) is 4.79 Å². The van der Waals surface area contributed by atoms with Crippen molar-refractivity contribution in [2.45, 2.75) is 26.7 Å². The molecule has 0 spiro atoms. The summed E-state index contributed by atoms with van der Waals surface area (Å²) in [4.78, 5) is 10.5. The summed E-state index contributed by atoms with van der Waals surface area (Å²) in [6.07, 6.45) is 1.91. The second kappa shape index (κ2) is 5.13. The van der Waals surface area contributed by atoms with Crippen LogP contribution in [0.1, 0.15) is 26.7 Å². The Morgan fingerprint density at radius 2 is 2.18 bits per heavy atom. The molecule has 0 aliphatic heterocycles. The van der Waals surface area contributed by atoms with Crippen LogP contribution in [0.4, 0.5) is 0 Å². The molecule has 1 unspecified atom stereocenters. The highest BCUT2D eigenvalue weighted by Crippen LogP contribution is 2.15. The molecule has 3 N–H and O–H groups in total. The van der Waals surface area contributed by atoms with Gasteiger partial charge in [0, 0.05) is 0 Å². The monoisotopic (exact) mass is 159 g/mol. The van der Waals surface area contributed by atoms with Gasteiger partial charge in [0.2, 0.25) is 0 Å². The fraction of sp³-hybridized carbons (Fsp3) is 0.875. The van der Waals surface area contributed by atoms with Crippen LogP contribution in [0.15, 0.2) is 0 Å². The van der Waals surface area contributed by atoms with Crippen LogP contribution in [0.5, 0.6) is 0 Å². The first-order valence-corrected chi connectivity index (χ1v) is 4.06. The largest absolute Gasteiger partial charge is 0.481 e. The van der Waals surface area contributed by atoms with Crippen molar-refractivity contribution < 1.29 is 9.90 Å². The Morgan fingerprint density at radius 3 is 2.45 bits per heavy atom. The second-order valence-electron chi connectivity index (χ2n) is 2.91. The van der Waals surface area contributed by atoms with E-state index in [2.05, 4.69) is 0 Å². The van der Waals surface area contributed by atoms with Crippen molar-refractivity contribution in [1.29, 1.82) is 0 Å². The van der Waals surface area contributed by atoms with Gasteiger partial charge in [-0.25, -0.2) is 0 Å². The first-order valence-electron chi connectivity index (χ1n) is 4.06. The van der Waals surface area contributed by atoms with E-state index >= 15 is 0 Å². The minimum absolute atomic E-state index is 0.137. The van der Waals surface area contributed by atoms with Gasteiger partial charge in [-0.1, -0.05) is 20.3 Å². The topological polar surface area (TPSA) is 63.3 Å². The fourth-order valence-corrected chi connectivity index (χ4v) is 1.14. The van der Waals surface area contributed by atoms with Crippen molar-refractivity contribution in [3.63, 3.8) is 0 Å². The minimum atomic E-state index is -0.742. The molecule has 0 aromatic carbocycles.